The van der Waals surface area contributed by atoms with E-state index in [1.54, 1.807) is 6.07 Å². The van der Waals surface area contributed by atoms with Crippen molar-refractivity contribution in [2.45, 2.75) is 6.61 Å². The molecule has 0 unspecified atom stereocenters. The molecule has 0 aliphatic heterocycles. The van der Waals surface area contributed by atoms with Crippen molar-refractivity contribution in [3.05, 3.63) is 46.8 Å². The van der Waals surface area contributed by atoms with E-state index in [2.05, 4.69) is 26.0 Å². The van der Waals surface area contributed by atoms with Gasteiger partial charge in [-0.15, -0.1) is 0 Å². The van der Waals surface area contributed by atoms with Crippen LogP contribution < -0.4 is 10.1 Å². The number of furan rings is 1. The maximum atomic E-state index is 11.9. The number of hydrogen-bond donors (Lipinski definition) is 1. The van der Waals surface area contributed by atoms with Crippen molar-refractivity contribution >= 4 is 27.5 Å². The molecule has 0 fully saturated rings. The van der Waals surface area contributed by atoms with E-state index in [9.17, 15) is 13.6 Å². The zero-order valence-corrected chi connectivity index (χ0v) is 11.0. The number of carbonyl (C=O) groups excluding carboxylic acids is 1. The van der Waals surface area contributed by atoms with Gasteiger partial charge < -0.3 is 14.5 Å². The zero-order valence-electron chi connectivity index (χ0n) is 9.40. The van der Waals surface area contributed by atoms with Crippen LogP contribution in [0, 0.1) is 0 Å². The number of rotatable bonds is 4. The molecular formula is C12H8BrF2NO3. The van der Waals surface area contributed by atoms with Gasteiger partial charge in [0.25, 0.3) is 5.91 Å². The second kappa shape index (κ2) is 5.83. The molecule has 1 amide bonds. The molecular weight excluding hydrogens is 324 g/mol. The van der Waals surface area contributed by atoms with Crippen LogP contribution in [-0.4, -0.2) is 12.5 Å². The van der Waals surface area contributed by atoms with E-state index in [4.69, 9.17) is 4.42 Å². The summed E-state index contributed by atoms with van der Waals surface area (Å²) in [5, 5.41) is 2.56. The van der Waals surface area contributed by atoms with Gasteiger partial charge in [-0.2, -0.15) is 8.78 Å². The standard InChI is InChI=1S/C12H8BrF2NO3/c13-10-6-5-9(19-10)11(17)16-7-1-3-8(4-2-7)18-12(14)15/h1-6,12H,(H,16,17). The number of benzene rings is 1. The SMILES string of the molecule is O=C(Nc1ccc(OC(F)F)cc1)c1ccc(Br)o1. The summed E-state index contributed by atoms with van der Waals surface area (Å²) < 4.78 is 33.6. The number of ether oxygens (including phenoxy) is 1. The van der Waals surface area contributed by atoms with E-state index in [0.29, 0.717) is 10.4 Å². The Morgan fingerprint density at radius 2 is 1.89 bits per heavy atom. The van der Waals surface area contributed by atoms with Crippen molar-refractivity contribution in [2.75, 3.05) is 5.32 Å². The minimum absolute atomic E-state index is 0.0220. The molecule has 0 saturated heterocycles. The lowest BCUT2D eigenvalue weighted by atomic mass is 10.3. The Kier molecular flexibility index (Phi) is 4.16. The molecule has 2 aromatic rings. The third kappa shape index (κ3) is 3.78. The summed E-state index contributed by atoms with van der Waals surface area (Å²) in [7, 11) is 0. The Morgan fingerprint density at radius 3 is 2.42 bits per heavy atom. The maximum Gasteiger partial charge on any atom is 0.387 e. The van der Waals surface area contributed by atoms with Crippen molar-refractivity contribution in [1.29, 1.82) is 0 Å². The third-order valence-corrected chi connectivity index (χ3v) is 2.56. The molecule has 0 saturated carbocycles. The van der Waals surface area contributed by atoms with Gasteiger partial charge in [0.1, 0.15) is 5.75 Å². The predicted molar refractivity (Wildman–Crippen MR) is 67.4 cm³/mol. The molecule has 1 heterocycles. The molecule has 0 atom stereocenters. The Bertz CT molecular complexity index is 569. The van der Waals surface area contributed by atoms with E-state index in [1.807, 2.05) is 0 Å². The van der Waals surface area contributed by atoms with E-state index in [1.165, 1.54) is 30.3 Å². The van der Waals surface area contributed by atoms with E-state index >= 15 is 0 Å². The van der Waals surface area contributed by atoms with Gasteiger partial charge in [-0.1, -0.05) is 0 Å². The fourth-order valence-electron chi connectivity index (χ4n) is 1.35. The molecule has 2 rings (SSSR count). The molecule has 0 aliphatic carbocycles. The largest absolute Gasteiger partial charge is 0.444 e. The van der Waals surface area contributed by atoms with E-state index in [-0.39, 0.29) is 11.5 Å². The smallest absolute Gasteiger partial charge is 0.387 e. The zero-order chi connectivity index (χ0) is 13.8. The summed E-state index contributed by atoms with van der Waals surface area (Å²) >= 11 is 3.08. The lowest BCUT2D eigenvalue weighted by molar-refractivity contribution is -0.0498. The van der Waals surface area contributed by atoms with Crippen molar-refractivity contribution in [1.82, 2.24) is 0 Å². The minimum atomic E-state index is -2.87. The predicted octanol–water partition coefficient (Wildman–Crippen LogP) is 3.90. The monoisotopic (exact) mass is 331 g/mol. The first-order valence-electron chi connectivity index (χ1n) is 5.16. The third-order valence-electron chi connectivity index (χ3n) is 2.13. The molecule has 1 N–H and O–H groups in total. The van der Waals surface area contributed by atoms with Gasteiger partial charge in [-0.05, 0) is 52.3 Å². The summed E-state index contributed by atoms with van der Waals surface area (Å²) in [4.78, 5) is 11.7. The van der Waals surface area contributed by atoms with Crippen molar-refractivity contribution in [2.24, 2.45) is 0 Å². The van der Waals surface area contributed by atoms with Crippen LogP contribution in [0.25, 0.3) is 0 Å². The number of alkyl halides is 2. The van der Waals surface area contributed by atoms with Gasteiger partial charge in [0.15, 0.2) is 10.4 Å². The summed E-state index contributed by atoms with van der Waals surface area (Å²) in [6, 6.07) is 8.67. The summed E-state index contributed by atoms with van der Waals surface area (Å²) in [6.07, 6.45) is 0. The van der Waals surface area contributed by atoms with Crippen LogP contribution in [0.15, 0.2) is 45.5 Å². The van der Waals surface area contributed by atoms with Gasteiger partial charge in [0, 0.05) is 5.69 Å². The molecule has 7 heteroatoms. The quantitative estimate of drug-likeness (QED) is 0.924. The van der Waals surface area contributed by atoms with E-state index in [0.717, 1.165) is 0 Å². The van der Waals surface area contributed by atoms with Crippen molar-refractivity contribution < 1.29 is 22.7 Å². The molecule has 1 aromatic heterocycles. The molecule has 1 aromatic carbocycles. The molecule has 0 bridgehead atoms. The number of amides is 1. The molecule has 0 aliphatic rings. The lowest BCUT2D eigenvalue weighted by Gasteiger charge is -2.06. The second-order valence-corrected chi connectivity index (χ2v) is 4.24. The fourth-order valence-corrected chi connectivity index (χ4v) is 1.66. The topological polar surface area (TPSA) is 51.5 Å². The summed E-state index contributed by atoms with van der Waals surface area (Å²) in [5.41, 5.74) is 0.444. The molecule has 0 radical (unpaired) electrons. The highest BCUT2D eigenvalue weighted by Gasteiger charge is 2.11. The number of halogens is 3. The highest BCUT2D eigenvalue weighted by molar-refractivity contribution is 9.10. The summed E-state index contributed by atoms with van der Waals surface area (Å²) in [5.74, 6) is -0.276. The first kappa shape index (κ1) is 13.5. The van der Waals surface area contributed by atoms with Gasteiger partial charge in [0.2, 0.25) is 0 Å². The second-order valence-electron chi connectivity index (χ2n) is 3.46. The average molecular weight is 332 g/mol. The number of carbonyl (C=O) groups is 1. The lowest BCUT2D eigenvalue weighted by Crippen LogP contribution is -2.10. The van der Waals surface area contributed by atoms with Crippen LogP contribution in [0.1, 0.15) is 10.6 Å². The minimum Gasteiger partial charge on any atom is -0.444 e. The van der Waals surface area contributed by atoms with Gasteiger partial charge >= 0.3 is 6.61 Å². The number of hydrogen-bond acceptors (Lipinski definition) is 3. The normalized spacial score (nSPS) is 10.5. The first-order valence-corrected chi connectivity index (χ1v) is 5.95. The van der Waals surface area contributed by atoms with Crippen molar-refractivity contribution in [3.8, 4) is 5.75 Å². The number of nitrogens with one attached hydrogen (secondary N) is 1. The average Bonchev–Trinajstić information content (AvgIpc) is 2.78. The Labute approximate surface area is 115 Å². The van der Waals surface area contributed by atoms with Gasteiger partial charge in [-0.25, -0.2) is 0 Å². The molecule has 0 spiro atoms. The number of anilines is 1. The molecule has 19 heavy (non-hydrogen) atoms. The maximum absolute atomic E-state index is 11.9. The van der Waals surface area contributed by atoms with Crippen LogP contribution in [0.5, 0.6) is 5.75 Å². The Hall–Kier alpha value is -1.89. The van der Waals surface area contributed by atoms with E-state index < -0.39 is 12.5 Å². The fraction of sp³-hybridized carbons (Fsp3) is 0.0833. The van der Waals surface area contributed by atoms with Crippen LogP contribution >= 0.6 is 15.9 Å². The highest BCUT2D eigenvalue weighted by atomic mass is 79.9. The van der Waals surface area contributed by atoms with Crippen LogP contribution in [0.4, 0.5) is 14.5 Å². The van der Waals surface area contributed by atoms with Crippen LogP contribution in [0.3, 0.4) is 0 Å². The Balaban J connectivity index is 2.01. The van der Waals surface area contributed by atoms with Crippen LogP contribution in [-0.2, 0) is 0 Å². The highest BCUT2D eigenvalue weighted by Crippen LogP contribution is 2.19. The van der Waals surface area contributed by atoms with Crippen LogP contribution in [0.2, 0.25) is 0 Å². The van der Waals surface area contributed by atoms with Crippen molar-refractivity contribution in [3.63, 3.8) is 0 Å². The summed E-state index contributed by atoms with van der Waals surface area (Å²) in [6.45, 7) is -2.87. The Morgan fingerprint density at radius 1 is 1.21 bits per heavy atom. The van der Waals surface area contributed by atoms with Gasteiger partial charge in [-0.3, -0.25) is 4.79 Å². The molecule has 100 valence electrons. The van der Waals surface area contributed by atoms with Gasteiger partial charge in [0.05, 0.1) is 0 Å². The first-order chi connectivity index (χ1) is 9.04. The molecule has 4 nitrogen and oxygen atoms in total.